The van der Waals surface area contributed by atoms with Crippen LogP contribution in [0.25, 0.3) is 11.1 Å². The first kappa shape index (κ1) is 22.7. The van der Waals surface area contributed by atoms with Crippen LogP contribution in [0.5, 0.6) is 5.75 Å². The third-order valence-electron chi connectivity index (χ3n) is 7.00. The van der Waals surface area contributed by atoms with Gasteiger partial charge >= 0.3 is 6.36 Å². The minimum absolute atomic E-state index is 0.198. The van der Waals surface area contributed by atoms with Crippen LogP contribution >= 0.6 is 23.0 Å². The fourth-order valence-electron chi connectivity index (χ4n) is 5.44. The SMILES string of the molecule is CN1OC2(N=C1N)c1cc(-c3cccc(OC(F)(F)F)c3)ccc1CC21CCC(OI)CC1. The van der Waals surface area contributed by atoms with Crippen LogP contribution in [0, 0.1) is 5.41 Å². The van der Waals surface area contributed by atoms with Crippen molar-refractivity contribution in [3.05, 3.63) is 53.6 Å². The van der Waals surface area contributed by atoms with E-state index in [-0.39, 0.29) is 17.3 Å². The number of halogens is 4. The van der Waals surface area contributed by atoms with E-state index in [1.807, 2.05) is 41.2 Å². The van der Waals surface area contributed by atoms with Gasteiger partial charge in [0.2, 0.25) is 11.7 Å². The summed E-state index contributed by atoms with van der Waals surface area (Å²) >= 11 is 1.96. The average molecular weight is 573 g/mol. The van der Waals surface area contributed by atoms with E-state index < -0.39 is 12.1 Å². The number of hydroxylamine groups is 2. The van der Waals surface area contributed by atoms with Gasteiger partial charge in [0.15, 0.2) is 0 Å². The van der Waals surface area contributed by atoms with E-state index in [4.69, 9.17) is 18.6 Å². The Balaban J connectivity index is 1.56. The van der Waals surface area contributed by atoms with Crippen molar-refractivity contribution in [3.8, 4) is 16.9 Å². The molecule has 0 bridgehead atoms. The van der Waals surface area contributed by atoms with Crippen LogP contribution in [-0.2, 0) is 20.0 Å². The number of fused-ring (bicyclic) bond motifs is 3. The summed E-state index contributed by atoms with van der Waals surface area (Å²) in [6, 6.07) is 11.9. The first-order valence-corrected chi connectivity index (χ1v) is 11.6. The molecule has 0 radical (unpaired) electrons. The molecule has 2 aliphatic carbocycles. The van der Waals surface area contributed by atoms with Gasteiger partial charge in [-0.1, -0.05) is 24.3 Å². The van der Waals surface area contributed by atoms with Crippen molar-refractivity contribution < 1.29 is 25.8 Å². The Morgan fingerprint density at radius 2 is 1.88 bits per heavy atom. The fourth-order valence-corrected chi connectivity index (χ4v) is 5.95. The van der Waals surface area contributed by atoms with Crippen molar-refractivity contribution in [1.82, 2.24) is 5.06 Å². The number of alkyl halides is 3. The van der Waals surface area contributed by atoms with Gasteiger partial charge in [-0.15, -0.1) is 13.2 Å². The Bertz CT molecular complexity index is 1100. The lowest BCUT2D eigenvalue weighted by Crippen LogP contribution is -2.46. The lowest BCUT2D eigenvalue weighted by atomic mass is 9.67. The molecule has 6 nitrogen and oxygen atoms in total. The van der Waals surface area contributed by atoms with Crippen LogP contribution in [0.15, 0.2) is 47.5 Å². The number of benzene rings is 2. The molecule has 0 saturated heterocycles. The normalized spacial score (nSPS) is 28.9. The Morgan fingerprint density at radius 3 is 2.52 bits per heavy atom. The van der Waals surface area contributed by atoms with Gasteiger partial charge in [0, 0.05) is 18.0 Å². The van der Waals surface area contributed by atoms with Crippen LogP contribution in [0.1, 0.15) is 36.8 Å². The second-order valence-corrected chi connectivity index (χ2v) is 9.40. The van der Waals surface area contributed by atoms with Crippen LogP contribution in [0.4, 0.5) is 13.2 Å². The summed E-state index contributed by atoms with van der Waals surface area (Å²) in [6.45, 7) is 0. The largest absolute Gasteiger partial charge is 0.573 e. The van der Waals surface area contributed by atoms with Crippen LogP contribution in [0.2, 0.25) is 0 Å². The van der Waals surface area contributed by atoms with E-state index in [1.165, 1.54) is 17.2 Å². The molecule has 10 heteroatoms. The predicted molar refractivity (Wildman–Crippen MR) is 124 cm³/mol. The Labute approximate surface area is 203 Å². The van der Waals surface area contributed by atoms with Crippen LogP contribution in [0.3, 0.4) is 0 Å². The van der Waals surface area contributed by atoms with E-state index in [0.717, 1.165) is 48.8 Å². The number of aliphatic imine (C=N–C) groups is 1. The van der Waals surface area contributed by atoms with Crippen molar-refractivity contribution in [1.29, 1.82) is 0 Å². The van der Waals surface area contributed by atoms with Gasteiger partial charge in [0.1, 0.15) is 28.8 Å². The lowest BCUT2D eigenvalue weighted by Gasteiger charge is -2.44. The van der Waals surface area contributed by atoms with Gasteiger partial charge in [-0.25, -0.2) is 14.9 Å². The third-order valence-corrected chi connectivity index (χ3v) is 7.72. The molecule has 2 spiro atoms. The van der Waals surface area contributed by atoms with Gasteiger partial charge in [0.25, 0.3) is 0 Å². The average Bonchev–Trinajstić information content (AvgIpc) is 3.21. The molecule has 1 unspecified atom stereocenters. The summed E-state index contributed by atoms with van der Waals surface area (Å²) in [4.78, 5) is 11.2. The molecule has 1 atom stereocenters. The molecule has 2 aromatic rings. The minimum atomic E-state index is -4.75. The first-order valence-electron chi connectivity index (χ1n) is 10.7. The van der Waals surface area contributed by atoms with E-state index in [1.54, 1.807) is 19.2 Å². The van der Waals surface area contributed by atoms with Gasteiger partial charge < -0.3 is 13.5 Å². The number of hydrogen-bond acceptors (Lipinski definition) is 6. The molecule has 1 saturated carbocycles. The zero-order valence-electron chi connectivity index (χ0n) is 17.9. The molecule has 1 aliphatic heterocycles. The summed E-state index contributed by atoms with van der Waals surface area (Å²) in [6.07, 6.45) is -0.241. The van der Waals surface area contributed by atoms with Crippen molar-refractivity contribution in [2.24, 2.45) is 16.1 Å². The maximum absolute atomic E-state index is 12.7. The summed E-state index contributed by atoms with van der Waals surface area (Å²) in [5, 5.41) is 1.50. The molecular formula is C23H23F3IN3O3. The highest BCUT2D eigenvalue weighted by atomic mass is 127. The Kier molecular flexibility index (Phi) is 5.52. The van der Waals surface area contributed by atoms with Gasteiger partial charge in [-0.2, -0.15) is 0 Å². The highest BCUT2D eigenvalue weighted by Crippen LogP contribution is 2.62. The quantitative estimate of drug-likeness (QED) is 0.495. The second kappa shape index (κ2) is 8.02. The van der Waals surface area contributed by atoms with Gasteiger partial charge in [-0.05, 0) is 67.0 Å². The molecule has 3 aliphatic rings. The first-order chi connectivity index (χ1) is 15.6. The van der Waals surface area contributed by atoms with Crippen LogP contribution < -0.4 is 10.5 Å². The van der Waals surface area contributed by atoms with Gasteiger partial charge in [0.05, 0.1) is 6.10 Å². The number of nitrogens with two attached hydrogens (primary N) is 1. The standard InChI is InChI=1S/C23H23F3IN3O3/c1-30-20(28)29-22(33-30)19-12-15(14-3-2-4-18(11-14)31-23(24,25)26)5-6-16(19)13-21(22)9-7-17(32-27)8-10-21/h2-6,11-12,17H,7-10,13H2,1H3,(H2,28,29). The minimum Gasteiger partial charge on any atom is -0.406 e. The molecule has 2 N–H and O–H groups in total. The molecule has 176 valence electrons. The number of guanidine groups is 1. The zero-order chi connectivity index (χ0) is 23.4. The molecule has 0 aromatic heterocycles. The monoisotopic (exact) mass is 573 g/mol. The second-order valence-electron chi connectivity index (χ2n) is 8.90. The summed E-state index contributed by atoms with van der Waals surface area (Å²) in [7, 11) is 1.74. The summed E-state index contributed by atoms with van der Waals surface area (Å²) in [5.41, 5.74) is 8.32. The molecule has 2 aromatic carbocycles. The molecule has 5 rings (SSSR count). The zero-order valence-corrected chi connectivity index (χ0v) is 20.0. The van der Waals surface area contributed by atoms with Crippen LogP contribution in [-0.4, -0.2) is 30.5 Å². The third kappa shape index (κ3) is 3.85. The van der Waals surface area contributed by atoms with Crippen molar-refractivity contribution in [2.75, 3.05) is 7.05 Å². The smallest absolute Gasteiger partial charge is 0.406 e. The lowest BCUT2D eigenvalue weighted by molar-refractivity contribution is -0.274. The number of rotatable bonds is 3. The molecule has 1 fully saturated rings. The van der Waals surface area contributed by atoms with E-state index in [2.05, 4.69) is 4.74 Å². The fraction of sp³-hybridized carbons (Fsp3) is 0.435. The highest BCUT2D eigenvalue weighted by Gasteiger charge is 2.63. The summed E-state index contributed by atoms with van der Waals surface area (Å²) in [5.74, 6) is 0.0448. The van der Waals surface area contributed by atoms with E-state index in [9.17, 15) is 13.2 Å². The van der Waals surface area contributed by atoms with Crippen molar-refractivity contribution in [3.63, 3.8) is 0 Å². The highest BCUT2D eigenvalue weighted by molar-refractivity contribution is 14.1. The van der Waals surface area contributed by atoms with E-state index >= 15 is 0 Å². The number of nitrogens with zero attached hydrogens (tertiary/aromatic N) is 2. The molecule has 1 heterocycles. The van der Waals surface area contributed by atoms with Crippen molar-refractivity contribution in [2.45, 2.75) is 50.3 Å². The molecule has 33 heavy (non-hydrogen) atoms. The number of hydrogen-bond donors (Lipinski definition) is 1. The number of ether oxygens (including phenoxy) is 1. The van der Waals surface area contributed by atoms with E-state index in [0.29, 0.717) is 11.5 Å². The van der Waals surface area contributed by atoms with Gasteiger partial charge in [-0.3, -0.25) is 0 Å². The van der Waals surface area contributed by atoms with Crippen molar-refractivity contribution >= 4 is 29.0 Å². The Hall–Kier alpha value is -2.05. The maximum atomic E-state index is 12.7. The summed E-state index contributed by atoms with van der Waals surface area (Å²) < 4.78 is 47.8. The predicted octanol–water partition coefficient (Wildman–Crippen LogP) is 5.45. The Morgan fingerprint density at radius 1 is 1.15 bits per heavy atom. The molecule has 0 amide bonds. The maximum Gasteiger partial charge on any atom is 0.573 e. The topological polar surface area (TPSA) is 69.3 Å². The molecular weight excluding hydrogens is 550 g/mol.